The molecular formula is C13H23N3O5. The lowest BCUT2D eigenvalue weighted by atomic mass is 10.4. The van der Waals surface area contributed by atoms with Crippen LogP contribution >= 0.6 is 0 Å². The van der Waals surface area contributed by atoms with Crippen molar-refractivity contribution in [3.8, 4) is 0 Å². The van der Waals surface area contributed by atoms with Gasteiger partial charge in [0, 0.05) is 27.1 Å². The number of hydrogen-bond donors (Lipinski definition) is 0. The van der Waals surface area contributed by atoms with Crippen LogP contribution in [0.5, 0.6) is 0 Å². The highest BCUT2D eigenvalue weighted by atomic mass is 16.7. The normalized spacial score (nSPS) is 18.4. The molecule has 1 unspecified atom stereocenters. The van der Waals surface area contributed by atoms with Crippen molar-refractivity contribution in [1.29, 1.82) is 0 Å². The number of carbonyl (C=O) groups excluding carboxylic acids is 2. The van der Waals surface area contributed by atoms with E-state index >= 15 is 0 Å². The zero-order chi connectivity index (χ0) is 15.8. The van der Waals surface area contributed by atoms with Crippen molar-refractivity contribution in [2.24, 2.45) is 5.16 Å². The van der Waals surface area contributed by atoms with Crippen LogP contribution in [0, 0.1) is 0 Å². The van der Waals surface area contributed by atoms with E-state index in [4.69, 9.17) is 14.3 Å². The van der Waals surface area contributed by atoms with Crippen molar-refractivity contribution in [2.75, 3.05) is 33.9 Å². The Morgan fingerprint density at radius 2 is 1.76 bits per heavy atom. The van der Waals surface area contributed by atoms with Crippen molar-refractivity contribution < 1.29 is 23.9 Å². The van der Waals surface area contributed by atoms with E-state index in [9.17, 15) is 9.59 Å². The minimum atomic E-state index is -0.842. The third kappa shape index (κ3) is 4.98. The van der Waals surface area contributed by atoms with Gasteiger partial charge < -0.3 is 14.3 Å². The molecule has 0 aromatic carbocycles. The Bertz CT molecular complexity index is 377. The molecule has 1 rings (SSSR count). The summed E-state index contributed by atoms with van der Waals surface area (Å²) in [5.41, 5.74) is -0.468. The van der Waals surface area contributed by atoms with Crippen LogP contribution in [-0.4, -0.2) is 67.7 Å². The molecule has 1 atom stereocenters. The van der Waals surface area contributed by atoms with E-state index < -0.39 is 17.7 Å². The molecule has 0 bridgehead atoms. The Morgan fingerprint density at radius 1 is 1.19 bits per heavy atom. The van der Waals surface area contributed by atoms with Crippen molar-refractivity contribution in [3.05, 3.63) is 0 Å². The molecule has 0 aromatic rings. The van der Waals surface area contributed by atoms with Crippen LogP contribution in [0.2, 0.25) is 0 Å². The average molecular weight is 301 g/mol. The molecule has 1 fully saturated rings. The predicted octanol–water partition coefficient (Wildman–Crippen LogP) is 0.384. The third-order valence-electron chi connectivity index (χ3n) is 2.89. The van der Waals surface area contributed by atoms with Crippen molar-refractivity contribution >= 4 is 17.7 Å². The summed E-state index contributed by atoms with van der Waals surface area (Å²) in [6.45, 7) is 4.41. The van der Waals surface area contributed by atoms with Gasteiger partial charge in [-0.1, -0.05) is 5.16 Å². The van der Waals surface area contributed by atoms with E-state index in [0.29, 0.717) is 0 Å². The largest absolute Gasteiger partial charge is 0.461 e. The number of rotatable bonds is 7. The molecule has 0 N–H and O–H groups in total. The first-order valence-electron chi connectivity index (χ1n) is 7.03. The monoisotopic (exact) mass is 301 g/mol. The van der Waals surface area contributed by atoms with Crippen molar-refractivity contribution in [1.82, 2.24) is 10.0 Å². The summed E-state index contributed by atoms with van der Waals surface area (Å²) in [6.07, 6.45) is 1.41. The lowest BCUT2D eigenvalue weighted by molar-refractivity contribution is -0.143. The Morgan fingerprint density at radius 3 is 2.24 bits per heavy atom. The van der Waals surface area contributed by atoms with Crippen LogP contribution in [-0.2, 0) is 23.9 Å². The SMILES string of the molecule is CCOC(=O)C(=NOC1CCCN1N(C)C)C(=O)OCC. The number of oxime groups is 1. The van der Waals surface area contributed by atoms with Gasteiger partial charge in [0.15, 0.2) is 6.23 Å². The number of nitrogens with zero attached hydrogens (tertiary/aromatic N) is 3. The molecule has 1 aliphatic rings. The lowest BCUT2D eigenvalue weighted by Gasteiger charge is -2.28. The summed E-state index contributed by atoms with van der Waals surface area (Å²) in [4.78, 5) is 28.8. The molecule has 1 heterocycles. The Hall–Kier alpha value is -1.67. The molecule has 120 valence electrons. The summed E-state index contributed by atoms with van der Waals surface area (Å²) >= 11 is 0. The van der Waals surface area contributed by atoms with Gasteiger partial charge in [0.2, 0.25) is 0 Å². The van der Waals surface area contributed by atoms with Gasteiger partial charge >= 0.3 is 11.9 Å². The molecule has 8 nitrogen and oxygen atoms in total. The highest BCUT2D eigenvalue weighted by Crippen LogP contribution is 2.19. The van der Waals surface area contributed by atoms with E-state index in [1.165, 1.54) is 0 Å². The summed E-state index contributed by atoms with van der Waals surface area (Å²) in [6, 6.07) is 0. The molecule has 0 saturated carbocycles. The van der Waals surface area contributed by atoms with Crippen LogP contribution in [0.1, 0.15) is 26.7 Å². The maximum atomic E-state index is 11.7. The van der Waals surface area contributed by atoms with Crippen LogP contribution in [0.25, 0.3) is 0 Å². The molecule has 8 heteroatoms. The fourth-order valence-electron chi connectivity index (χ4n) is 1.96. The Kier molecular flexibility index (Phi) is 7.10. The van der Waals surface area contributed by atoms with Gasteiger partial charge in [-0.05, 0) is 20.3 Å². The number of esters is 2. The molecule has 21 heavy (non-hydrogen) atoms. The number of carbonyl (C=O) groups is 2. The predicted molar refractivity (Wildman–Crippen MR) is 75.2 cm³/mol. The highest BCUT2D eigenvalue weighted by Gasteiger charge is 2.30. The number of ether oxygens (including phenoxy) is 2. The molecular weight excluding hydrogens is 278 g/mol. The standard InChI is InChI=1S/C13H23N3O5/c1-5-19-12(17)11(13(18)20-6-2)14-21-10-8-7-9-16(10)15(3)4/h10H,5-9H2,1-4H3. The third-order valence-corrected chi connectivity index (χ3v) is 2.89. The van der Waals surface area contributed by atoms with Gasteiger partial charge in [-0.25, -0.2) is 19.6 Å². The minimum Gasteiger partial charge on any atom is -0.461 e. The zero-order valence-corrected chi connectivity index (χ0v) is 13.0. The van der Waals surface area contributed by atoms with Gasteiger partial charge in [0.1, 0.15) is 0 Å². The smallest absolute Gasteiger partial charge is 0.368 e. The first-order valence-corrected chi connectivity index (χ1v) is 7.03. The van der Waals surface area contributed by atoms with Gasteiger partial charge in [0.25, 0.3) is 5.71 Å². The quantitative estimate of drug-likeness (QED) is 0.291. The van der Waals surface area contributed by atoms with E-state index in [1.54, 1.807) is 13.8 Å². The zero-order valence-electron chi connectivity index (χ0n) is 13.0. The fraction of sp³-hybridized carbons (Fsp3) is 0.769. The second-order valence-electron chi connectivity index (χ2n) is 4.59. The lowest BCUT2D eigenvalue weighted by Crippen LogP contribution is -2.41. The average Bonchev–Trinajstić information content (AvgIpc) is 2.88. The summed E-state index contributed by atoms with van der Waals surface area (Å²) in [7, 11) is 3.78. The summed E-state index contributed by atoms with van der Waals surface area (Å²) in [5, 5.41) is 7.52. The Balaban J connectivity index is 2.77. The van der Waals surface area contributed by atoms with Crippen LogP contribution in [0.4, 0.5) is 0 Å². The number of hydrogen-bond acceptors (Lipinski definition) is 8. The van der Waals surface area contributed by atoms with E-state index in [1.807, 2.05) is 24.1 Å². The van der Waals surface area contributed by atoms with Gasteiger partial charge in [-0.2, -0.15) is 0 Å². The van der Waals surface area contributed by atoms with E-state index in [2.05, 4.69) is 5.16 Å². The van der Waals surface area contributed by atoms with Crippen LogP contribution in [0.3, 0.4) is 0 Å². The number of hydrazine groups is 1. The van der Waals surface area contributed by atoms with Crippen molar-refractivity contribution in [2.45, 2.75) is 32.9 Å². The first kappa shape index (κ1) is 17.4. The van der Waals surface area contributed by atoms with Crippen molar-refractivity contribution in [3.63, 3.8) is 0 Å². The van der Waals surface area contributed by atoms with E-state index in [-0.39, 0.29) is 19.4 Å². The molecule has 0 amide bonds. The molecule has 0 radical (unpaired) electrons. The topological polar surface area (TPSA) is 80.7 Å². The molecule has 0 aromatic heterocycles. The maximum absolute atomic E-state index is 11.7. The summed E-state index contributed by atoms with van der Waals surface area (Å²) < 4.78 is 9.57. The minimum absolute atomic E-state index is 0.143. The fourth-order valence-corrected chi connectivity index (χ4v) is 1.96. The second kappa shape index (κ2) is 8.58. The Labute approximate surface area is 124 Å². The van der Waals surface area contributed by atoms with Crippen LogP contribution in [0.15, 0.2) is 5.16 Å². The second-order valence-corrected chi connectivity index (χ2v) is 4.59. The van der Waals surface area contributed by atoms with E-state index in [0.717, 1.165) is 19.4 Å². The van der Waals surface area contributed by atoms with Gasteiger partial charge in [0.05, 0.1) is 13.2 Å². The highest BCUT2D eigenvalue weighted by molar-refractivity contribution is 6.62. The molecule has 0 aliphatic carbocycles. The van der Waals surface area contributed by atoms with Gasteiger partial charge in [-0.3, -0.25) is 0 Å². The maximum Gasteiger partial charge on any atom is 0.368 e. The van der Waals surface area contributed by atoms with Gasteiger partial charge in [-0.15, -0.1) is 0 Å². The molecule has 1 aliphatic heterocycles. The molecule has 0 spiro atoms. The molecule has 1 saturated heterocycles. The first-order chi connectivity index (χ1) is 10.0. The van der Waals surface area contributed by atoms with Crippen LogP contribution < -0.4 is 0 Å². The summed E-state index contributed by atoms with van der Waals surface area (Å²) in [5.74, 6) is -1.68.